The molecule has 0 aliphatic heterocycles. The number of rotatable bonds is 5. The number of halogens is 3. The molecule has 0 spiro atoms. The molecule has 7 heteroatoms. The summed E-state index contributed by atoms with van der Waals surface area (Å²) in [6.45, 7) is 0.148. The third kappa shape index (κ3) is 5.50. The van der Waals surface area contributed by atoms with E-state index in [4.69, 9.17) is 22.8 Å². The molecule has 0 atom stereocenters. The predicted molar refractivity (Wildman–Crippen MR) is 115 cm³/mol. The molecular formula is C19H11BrClIN2O2. The molecule has 0 unspecified atom stereocenters. The highest BCUT2D eigenvalue weighted by molar-refractivity contribution is 14.1. The van der Waals surface area contributed by atoms with E-state index in [-0.39, 0.29) is 12.2 Å². The summed E-state index contributed by atoms with van der Waals surface area (Å²) in [5.41, 5.74) is 1.15. The molecule has 0 saturated heterocycles. The van der Waals surface area contributed by atoms with Crippen molar-refractivity contribution >= 4 is 67.8 Å². The molecule has 0 fully saturated rings. The summed E-state index contributed by atoms with van der Waals surface area (Å²) in [5, 5.41) is 12.5. The summed E-state index contributed by atoms with van der Waals surface area (Å²) in [4.78, 5) is 12.3. The molecule has 130 valence electrons. The fraction of sp³-hybridized carbons (Fsp3) is 0.0526. The van der Waals surface area contributed by atoms with Gasteiger partial charge in [-0.05, 0) is 80.5 Å². The normalized spacial score (nSPS) is 10.6. The van der Waals surface area contributed by atoms with Crippen molar-refractivity contribution in [2.75, 3.05) is 11.9 Å². The first-order valence-electron chi connectivity index (χ1n) is 7.18. The standard InChI is InChI=1S/C19H11BrClIN2O2/c1-2-6-26-18-16(20)8-12(9-17(18)22)7-13(11-23)19(25)24-15-5-3-4-14(21)10-15/h1,3-5,7-10H,6H2,(H,24,25)/b13-7+. The smallest absolute Gasteiger partial charge is 0.266 e. The van der Waals surface area contributed by atoms with Gasteiger partial charge in [-0.1, -0.05) is 23.6 Å². The highest BCUT2D eigenvalue weighted by Crippen LogP contribution is 2.32. The Kier molecular flexibility index (Phi) is 7.52. The minimum absolute atomic E-state index is 0.0371. The van der Waals surface area contributed by atoms with E-state index >= 15 is 0 Å². The summed E-state index contributed by atoms with van der Waals surface area (Å²) in [6.07, 6.45) is 6.70. The highest BCUT2D eigenvalue weighted by atomic mass is 127. The first-order chi connectivity index (χ1) is 12.4. The molecule has 2 rings (SSSR count). The SMILES string of the molecule is C#CCOc1c(Br)cc(/C=C(\C#N)C(=O)Nc2cccc(Cl)c2)cc1I. The minimum atomic E-state index is -0.520. The number of amides is 1. The van der Waals surface area contributed by atoms with E-state index in [1.54, 1.807) is 36.4 Å². The third-order valence-electron chi connectivity index (χ3n) is 3.08. The van der Waals surface area contributed by atoms with Crippen molar-refractivity contribution < 1.29 is 9.53 Å². The van der Waals surface area contributed by atoms with E-state index in [2.05, 4.69) is 49.8 Å². The fourth-order valence-corrected chi connectivity index (χ4v) is 3.95. The second kappa shape index (κ2) is 9.63. The van der Waals surface area contributed by atoms with Gasteiger partial charge in [-0.3, -0.25) is 4.79 Å². The van der Waals surface area contributed by atoms with Crippen molar-refractivity contribution in [3.05, 3.63) is 60.6 Å². The summed E-state index contributed by atoms with van der Waals surface area (Å²) >= 11 is 11.4. The van der Waals surface area contributed by atoms with Crippen molar-refractivity contribution in [3.8, 4) is 24.2 Å². The van der Waals surface area contributed by atoms with Crippen LogP contribution >= 0.6 is 50.1 Å². The maximum Gasteiger partial charge on any atom is 0.266 e. The zero-order valence-electron chi connectivity index (χ0n) is 13.2. The molecule has 1 amide bonds. The Bertz CT molecular complexity index is 938. The molecule has 0 bridgehead atoms. The van der Waals surface area contributed by atoms with Crippen LogP contribution in [0.1, 0.15) is 5.56 Å². The largest absolute Gasteiger partial charge is 0.479 e. The van der Waals surface area contributed by atoms with Crippen LogP contribution in [0.3, 0.4) is 0 Å². The van der Waals surface area contributed by atoms with Crippen LogP contribution in [0.25, 0.3) is 6.08 Å². The molecule has 0 aliphatic rings. The van der Waals surface area contributed by atoms with Gasteiger partial charge in [-0.25, -0.2) is 0 Å². The van der Waals surface area contributed by atoms with Crippen molar-refractivity contribution in [1.29, 1.82) is 5.26 Å². The summed E-state index contributed by atoms with van der Waals surface area (Å²) in [6, 6.07) is 12.2. The Morgan fingerprint density at radius 2 is 2.19 bits per heavy atom. The van der Waals surface area contributed by atoms with Crippen LogP contribution in [0.4, 0.5) is 5.69 Å². The number of benzene rings is 2. The Morgan fingerprint density at radius 3 is 2.81 bits per heavy atom. The zero-order chi connectivity index (χ0) is 19.1. The van der Waals surface area contributed by atoms with Gasteiger partial charge in [0.2, 0.25) is 0 Å². The Hall–Kier alpha value is -2.00. The monoisotopic (exact) mass is 540 g/mol. The summed E-state index contributed by atoms with van der Waals surface area (Å²) < 4.78 is 6.95. The second-order valence-corrected chi connectivity index (χ2v) is 7.39. The van der Waals surface area contributed by atoms with Gasteiger partial charge in [0.25, 0.3) is 5.91 Å². The van der Waals surface area contributed by atoms with E-state index in [0.717, 1.165) is 3.57 Å². The van der Waals surface area contributed by atoms with Gasteiger partial charge >= 0.3 is 0 Å². The third-order valence-corrected chi connectivity index (χ3v) is 4.70. The van der Waals surface area contributed by atoms with Gasteiger partial charge in [-0.2, -0.15) is 5.26 Å². The minimum Gasteiger partial charge on any atom is -0.479 e. The van der Waals surface area contributed by atoms with Crippen LogP contribution in [0, 0.1) is 27.2 Å². The van der Waals surface area contributed by atoms with Crippen LogP contribution < -0.4 is 10.1 Å². The molecule has 2 aromatic carbocycles. The quantitative estimate of drug-likeness (QED) is 0.243. The van der Waals surface area contributed by atoms with Crippen LogP contribution in [0.5, 0.6) is 5.75 Å². The predicted octanol–water partition coefficient (Wildman–Crippen LogP) is 5.26. The number of nitrogens with zero attached hydrogens (tertiary/aromatic N) is 1. The number of hydrogen-bond acceptors (Lipinski definition) is 3. The molecule has 1 N–H and O–H groups in total. The number of nitrogens with one attached hydrogen (secondary N) is 1. The van der Waals surface area contributed by atoms with E-state index in [0.29, 0.717) is 26.5 Å². The molecule has 26 heavy (non-hydrogen) atoms. The van der Waals surface area contributed by atoms with Crippen LogP contribution in [-0.2, 0) is 4.79 Å². The van der Waals surface area contributed by atoms with Gasteiger partial charge in [0, 0.05) is 10.7 Å². The molecule has 4 nitrogen and oxygen atoms in total. The molecular weight excluding hydrogens is 530 g/mol. The molecule has 2 aromatic rings. The van der Waals surface area contributed by atoms with Crippen molar-refractivity contribution in [1.82, 2.24) is 0 Å². The molecule has 0 saturated carbocycles. The van der Waals surface area contributed by atoms with Crippen molar-refractivity contribution in [2.45, 2.75) is 0 Å². The van der Waals surface area contributed by atoms with E-state index in [1.165, 1.54) is 6.08 Å². The van der Waals surface area contributed by atoms with E-state index in [1.807, 2.05) is 6.07 Å². The van der Waals surface area contributed by atoms with Crippen LogP contribution in [0.2, 0.25) is 5.02 Å². The van der Waals surface area contributed by atoms with Crippen LogP contribution in [0.15, 0.2) is 46.4 Å². The van der Waals surface area contributed by atoms with Crippen molar-refractivity contribution in [2.24, 2.45) is 0 Å². The van der Waals surface area contributed by atoms with Gasteiger partial charge in [0.1, 0.15) is 24.0 Å². The maximum atomic E-state index is 12.3. The number of ether oxygens (including phenoxy) is 1. The van der Waals surface area contributed by atoms with Crippen LogP contribution in [-0.4, -0.2) is 12.5 Å². The molecule has 0 aromatic heterocycles. The van der Waals surface area contributed by atoms with Gasteiger partial charge < -0.3 is 10.1 Å². The fourth-order valence-electron chi connectivity index (χ4n) is 1.99. The van der Waals surface area contributed by atoms with Crippen molar-refractivity contribution in [3.63, 3.8) is 0 Å². The first-order valence-corrected chi connectivity index (χ1v) is 9.43. The average Bonchev–Trinajstić information content (AvgIpc) is 2.59. The zero-order valence-corrected chi connectivity index (χ0v) is 17.7. The Balaban J connectivity index is 2.27. The lowest BCUT2D eigenvalue weighted by molar-refractivity contribution is -0.112. The second-order valence-electron chi connectivity index (χ2n) is 4.94. The number of carbonyl (C=O) groups is 1. The number of terminal acetylenes is 1. The molecule has 0 heterocycles. The Morgan fingerprint density at radius 1 is 1.42 bits per heavy atom. The van der Waals surface area contributed by atoms with Gasteiger partial charge in [-0.15, -0.1) is 6.42 Å². The topological polar surface area (TPSA) is 62.1 Å². The van der Waals surface area contributed by atoms with Gasteiger partial charge in [0.05, 0.1) is 8.04 Å². The average molecular weight is 542 g/mol. The Labute approximate surface area is 178 Å². The number of hydrogen-bond donors (Lipinski definition) is 1. The molecule has 0 radical (unpaired) electrons. The summed E-state index contributed by atoms with van der Waals surface area (Å²) in [7, 11) is 0. The van der Waals surface area contributed by atoms with Gasteiger partial charge in [0.15, 0.2) is 0 Å². The number of anilines is 1. The lowest BCUT2D eigenvalue weighted by Gasteiger charge is -2.09. The highest BCUT2D eigenvalue weighted by Gasteiger charge is 2.12. The summed E-state index contributed by atoms with van der Waals surface area (Å²) in [5.74, 6) is 2.50. The number of carbonyl (C=O) groups excluding carboxylic acids is 1. The molecule has 0 aliphatic carbocycles. The lowest BCUT2D eigenvalue weighted by Crippen LogP contribution is -2.13. The van der Waals surface area contributed by atoms with E-state index < -0.39 is 5.91 Å². The van der Waals surface area contributed by atoms with E-state index in [9.17, 15) is 10.1 Å². The first kappa shape index (κ1) is 20.3. The maximum absolute atomic E-state index is 12.3. The lowest BCUT2D eigenvalue weighted by atomic mass is 10.1. The number of nitriles is 1.